The van der Waals surface area contributed by atoms with Gasteiger partial charge in [0.05, 0.1) is 0 Å². The molecule has 2 aliphatic heterocycles. The molecule has 2 bridgehead atoms. The van der Waals surface area contributed by atoms with E-state index in [-0.39, 0.29) is 17.7 Å². The summed E-state index contributed by atoms with van der Waals surface area (Å²) in [6.07, 6.45) is 3.34. The number of hydrogen-bond donors (Lipinski definition) is 2. The van der Waals surface area contributed by atoms with Crippen molar-refractivity contribution in [3.05, 3.63) is 59.9 Å². The van der Waals surface area contributed by atoms with Gasteiger partial charge in [-0.2, -0.15) is 0 Å². The maximum atomic E-state index is 13.6. The number of fused-ring (bicyclic) bond motifs is 2. The van der Waals surface area contributed by atoms with Crippen LogP contribution in [0.25, 0.3) is 0 Å². The molecule has 2 heterocycles. The fraction of sp³-hybridized carbons (Fsp3) is 0.316. The summed E-state index contributed by atoms with van der Waals surface area (Å²) in [5.74, 6) is 0.177. The predicted octanol–water partition coefficient (Wildman–Crippen LogP) is 3.24. The summed E-state index contributed by atoms with van der Waals surface area (Å²) < 4.78 is 19.1. The van der Waals surface area contributed by atoms with E-state index >= 15 is 0 Å². The Hall–Kier alpha value is -2.40. The number of nitrogens with one attached hydrogen (secondary N) is 2. The summed E-state index contributed by atoms with van der Waals surface area (Å²) >= 11 is 0. The number of carbonyl (C=O) groups excluding carboxylic acids is 1. The van der Waals surface area contributed by atoms with Gasteiger partial charge in [-0.25, -0.2) is 4.39 Å². The van der Waals surface area contributed by atoms with E-state index in [4.69, 9.17) is 4.74 Å². The van der Waals surface area contributed by atoms with Crippen LogP contribution >= 0.6 is 0 Å². The van der Waals surface area contributed by atoms with E-state index in [1.54, 1.807) is 42.5 Å². The molecule has 2 aliphatic rings. The van der Waals surface area contributed by atoms with Crippen molar-refractivity contribution >= 4 is 5.91 Å². The van der Waals surface area contributed by atoms with Crippen molar-refractivity contribution in [3.8, 4) is 11.5 Å². The third kappa shape index (κ3) is 2.99. The highest BCUT2D eigenvalue weighted by Crippen LogP contribution is 2.28. The van der Waals surface area contributed by atoms with E-state index in [1.165, 1.54) is 12.5 Å². The van der Waals surface area contributed by atoms with Crippen LogP contribution < -0.4 is 15.4 Å². The molecule has 2 aromatic rings. The Kier molecular flexibility index (Phi) is 3.94. The summed E-state index contributed by atoms with van der Waals surface area (Å²) in [6, 6.07) is 14.2. The van der Waals surface area contributed by atoms with Crippen LogP contribution in [0.5, 0.6) is 11.5 Å². The highest BCUT2D eigenvalue weighted by molar-refractivity contribution is 5.94. The predicted molar refractivity (Wildman–Crippen MR) is 88.7 cm³/mol. The van der Waals surface area contributed by atoms with Gasteiger partial charge in [0, 0.05) is 23.7 Å². The van der Waals surface area contributed by atoms with Gasteiger partial charge in [0.2, 0.25) is 0 Å². The molecule has 1 amide bonds. The molecule has 0 aliphatic carbocycles. The van der Waals surface area contributed by atoms with Crippen LogP contribution in [0.2, 0.25) is 0 Å². The monoisotopic (exact) mass is 326 g/mol. The van der Waals surface area contributed by atoms with E-state index in [0.29, 0.717) is 23.4 Å². The van der Waals surface area contributed by atoms with Crippen molar-refractivity contribution in [2.24, 2.45) is 0 Å². The molecule has 0 saturated carbocycles. The Morgan fingerprint density at radius 3 is 2.58 bits per heavy atom. The zero-order valence-electron chi connectivity index (χ0n) is 13.2. The van der Waals surface area contributed by atoms with E-state index in [0.717, 1.165) is 12.8 Å². The van der Waals surface area contributed by atoms with Crippen molar-refractivity contribution in [2.45, 2.75) is 37.4 Å². The first-order valence-corrected chi connectivity index (χ1v) is 8.28. The highest BCUT2D eigenvalue weighted by atomic mass is 19.1. The summed E-state index contributed by atoms with van der Waals surface area (Å²) in [6.45, 7) is 0. The third-order valence-corrected chi connectivity index (χ3v) is 4.80. The van der Waals surface area contributed by atoms with Gasteiger partial charge in [0.15, 0.2) is 11.6 Å². The summed E-state index contributed by atoms with van der Waals surface area (Å²) in [7, 11) is 0. The number of benzene rings is 2. The largest absolute Gasteiger partial charge is 0.454 e. The molecule has 3 unspecified atom stereocenters. The van der Waals surface area contributed by atoms with Crippen LogP contribution in [0.1, 0.15) is 29.6 Å². The molecule has 4 rings (SSSR count). The Bertz CT molecular complexity index is 747. The van der Waals surface area contributed by atoms with Crippen molar-refractivity contribution in [3.63, 3.8) is 0 Å². The normalized spacial score (nSPS) is 24.8. The highest BCUT2D eigenvalue weighted by Gasteiger charge is 2.39. The third-order valence-electron chi connectivity index (χ3n) is 4.80. The molecule has 0 spiro atoms. The number of ether oxygens (including phenoxy) is 1. The smallest absolute Gasteiger partial charge is 0.251 e. The molecule has 5 heteroatoms. The topological polar surface area (TPSA) is 50.4 Å². The first-order chi connectivity index (χ1) is 11.7. The lowest BCUT2D eigenvalue weighted by Crippen LogP contribution is -2.42. The van der Waals surface area contributed by atoms with Crippen LogP contribution in [0, 0.1) is 5.82 Å². The minimum absolute atomic E-state index is 0.0770. The second kappa shape index (κ2) is 6.24. The molecule has 0 radical (unpaired) electrons. The Morgan fingerprint density at radius 1 is 1.12 bits per heavy atom. The molecule has 124 valence electrons. The number of rotatable bonds is 4. The number of amides is 1. The van der Waals surface area contributed by atoms with E-state index < -0.39 is 5.82 Å². The van der Waals surface area contributed by atoms with Gasteiger partial charge in [0.1, 0.15) is 5.75 Å². The van der Waals surface area contributed by atoms with Gasteiger partial charge >= 0.3 is 0 Å². The van der Waals surface area contributed by atoms with Crippen LogP contribution in [0.3, 0.4) is 0 Å². The van der Waals surface area contributed by atoms with Gasteiger partial charge < -0.3 is 15.4 Å². The molecule has 3 atom stereocenters. The first kappa shape index (κ1) is 15.1. The summed E-state index contributed by atoms with van der Waals surface area (Å²) in [4.78, 5) is 12.4. The van der Waals surface area contributed by atoms with E-state index in [2.05, 4.69) is 10.6 Å². The Labute approximate surface area is 140 Å². The van der Waals surface area contributed by atoms with Crippen molar-refractivity contribution < 1.29 is 13.9 Å². The maximum absolute atomic E-state index is 13.6. The first-order valence-electron chi connectivity index (χ1n) is 8.28. The van der Waals surface area contributed by atoms with Gasteiger partial charge in [-0.15, -0.1) is 0 Å². The van der Waals surface area contributed by atoms with Crippen molar-refractivity contribution in [1.29, 1.82) is 0 Å². The standard InChI is InChI=1S/C19H19FN2O2/c20-15-3-1-2-4-18(15)24-14-8-5-12(6-9-14)19(23)22-17-11-13-7-10-16(17)21-13/h1-6,8-9,13,16-17,21H,7,10-11H2,(H,22,23). The molecular formula is C19H19FN2O2. The van der Waals surface area contributed by atoms with Crippen molar-refractivity contribution in [1.82, 2.24) is 10.6 Å². The SMILES string of the molecule is O=C(NC1CC2CCC1N2)c1ccc(Oc2ccccc2F)cc1. The van der Waals surface area contributed by atoms with Crippen LogP contribution in [-0.4, -0.2) is 24.0 Å². The van der Waals surface area contributed by atoms with Crippen LogP contribution in [-0.2, 0) is 0 Å². The Balaban J connectivity index is 1.40. The molecule has 2 saturated heterocycles. The quantitative estimate of drug-likeness (QED) is 0.907. The number of hydrogen-bond acceptors (Lipinski definition) is 3. The molecular weight excluding hydrogens is 307 g/mol. The molecule has 24 heavy (non-hydrogen) atoms. The number of para-hydroxylation sites is 1. The van der Waals surface area contributed by atoms with Gasteiger partial charge in [-0.1, -0.05) is 12.1 Å². The molecule has 0 aromatic heterocycles. The number of carbonyl (C=O) groups is 1. The average molecular weight is 326 g/mol. The molecule has 2 N–H and O–H groups in total. The zero-order chi connectivity index (χ0) is 16.5. The van der Waals surface area contributed by atoms with Crippen molar-refractivity contribution in [2.75, 3.05) is 0 Å². The second-order valence-corrected chi connectivity index (χ2v) is 6.42. The van der Waals surface area contributed by atoms with Crippen LogP contribution in [0.4, 0.5) is 4.39 Å². The molecule has 4 nitrogen and oxygen atoms in total. The van der Waals surface area contributed by atoms with Crippen LogP contribution in [0.15, 0.2) is 48.5 Å². The van der Waals surface area contributed by atoms with E-state index in [9.17, 15) is 9.18 Å². The molecule has 2 aromatic carbocycles. The maximum Gasteiger partial charge on any atom is 0.251 e. The minimum atomic E-state index is -0.414. The fourth-order valence-electron chi connectivity index (χ4n) is 3.56. The number of halogens is 1. The average Bonchev–Trinajstić information content (AvgIpc) is 3.20. The fourth-order valence-corrected chi connectivity index (χ4v) is 3.56. The van der Waals surface area contributed by atoms with Gasteiger partial charge in [0.25, 0.3) is 5.91 Å². The van der Waals surface area contributed by atoms with E-state index in [1.807, 2.05) is 0 Å². The zero-order valence-corrected chi connectivity index (χ0v) is 13.2. The second-order valence-electron chi connectivity index (χ2n) is 6.42. The van der Waals surface area contributed by atoms with Gasteiger partial charge in [-0.3, -0.25) is 4.79 Å². The lowest BCUT2D eigenvalue weighted by molar-refractivity contribution is 0.0931. The lowest BCUT2D eigenvalue weighted by atomic mass is 9.95. The molecule has 2 fully saturated rings. The Morgan fingerprint density at radius 2 is 1.92 bits per heavy atom. The summed E-state index contributed by atoms with van der Waals surface area (Å²) in [5.41, 5.74) is 0.582. The lowest BCUT2D eigenvalue weighted by Gasteiger charge is -2.21. The van der Waals surface area contributed by atoms with Gasteiger partial charge in [-0.05, 0) is 55.7 Å². The minimum Gasteiger partial charge on any atom is -0.454 e. The summed E-state index contributed by atoms with van der Waals surface area (Å²) in [5, 5.41) is 6.61.